The summed E-state index contributed by atoms with van der Waals surface area (Å²) in [4.78, 5) is 10.4. The number of fused-ring (bicyclic) bond motifs is 1. The van der Waals surface area contributed by atoms with Crippen molar-refractivity contribution in [3.63, 3.8) is 0 Å². The summed E-state index contributed by atoms with van der Waals surface area (Å²) < 4.78 is 1.59. The molecule has 0 unspecified atom stereocenters. The van der Waals surface area contributed by atoms with E-state index in [-0.39, 0.29) is 11.7 Å². The first-order valence-electron chi connectivity index (χ1n) is 7.49. The molecule has 0 aliphatic carbocycles. The van der Waals surface area contributed by atoms with E-state index in [9.17, 15) is 10.1 Å². The van der Waals surface area contributed by atoms with E-state index in [0.717, 1.165) is 16.8 Å². The maximum Gasteiger partial charge on any atom is 0.269 e. The Hall–Kier alpha value is -2.97. The normalized spacial score (nSPS) is 15.8. The lowest BCUT2D eigenvalue weighted by atomic mass is 10.0. The predicted molar refractivity (Wildman–Crippen MR) is 97.1 cm³/mol. The number of allylic oxidation sites excluding steroid dienone is 1. The Kier molecular flexibility index (Phi) is 4.06. The average molecular weight is 389 g/mol. The predicted octanol–water partition coefficient (Wildman–Crippen LogP) is 3.94. The molecule has 3 aromatic rings. The van der Waals surface area contributed by atoms with Crippen molar-refractivity contribution in [2.75, 3.05) is 5.32 Å². The number of tetrazole rings is 1. The van der Waals surface area contributed by atoms with Crippen LogP contribution in [0.3, 0.4) is 0 Å². The van der Waals surface area contributed by atoms with Crippen LogP contribution in [0.2, 0.25) is 10.0 Å². The first-order chi connectivity index (χ1) is 12.5. The van der Waals surface area contributed by atoms with Crippen LogP contribution in [0, 0.1) is 10.1 Å². The summed E-state index contributed by atoms with van der Waals surface area (Å²) in [5.74, 6) is 0.442. The van der Waals surface area contributed by atoms with Crippen LogP contribution < -0.4 is 5.32 Å². The maximum absolute atomic E-state index is 10.9. The third kappa shape index (κ3) is 2.89. The summed E-state index contributed by atoms with van der Waals surface area (Å²) in [6.45, 7) is 0. The quantitative estimate of drug-likeness (QED) is 0.538. The van der Waals surface area contributed by atoms with Crippen LogP contribution in [-0.4, -0.2) is 25.1 Å². The van der Waals surface area contributed by atoms with Crippen molar-refractivity contribution in [1.29, 1.82) is 0 Å². The monoisotopic (exact) mass is 388 g/mol. The highest BCUT2D eigenvalue weighted by atomic mass is 35.5. The Morgan fingerprint density at radius 1 is 1.15 bits per heavy atom. The van der Waals surface area contributed by atoms with Gasteiger partial charge in [0.15, 0.2) is 0 Å². The van der Waals surface area contributed by atoms with E-state index in [4.69, 9.17) is 23.2 Å². The first-order valence-corrected chi connectivity index (χ1v) is 8.25. The molecule has 0 radical (unpaired) electrons. The molecule has 0 saturated carbocycles. The van der Waals surface area contributed by atoms with Gasteiger partial charge in [-0.05, 0) is 52.4 Å². The SMILES string of the molecule is O=[N+]([O-])c1ccc([C@H]2C=C(c3ccc(Cl)cc3Cl)Nc3nnnn32)cc1. The van der Waals surface area contributed by atoms with Gasteiger partial charge < -0.3 is 5.32 Å². The molecule has 0 amide bonds. The molecule has 0 saturated heterocycles. The molecule has 8 nitrogen and oxygen atoms in total. The fraction of sp³-hybridized carbons (Fsp3) is 0.0625. The maximum atomic E-state index is 10.9. The fourth-order valence-corrected chi connectivity index (χ4v) is 3.26. The molecule has 2 heterocycles. The number of aromatic nitrogens is 4. The van der Waals surface area contributed by atoms with Gasteiger partial charge in [-0.2, -0.15) is 4.68 Å². The largest absolute Gasteiger partial charge is 0.323 e. The Morgan fingerprint density at radius 2 is 1.92 bits per heavy atom. The third-order valence-corrected chi connectivity index (χ3v) is 4.54. The van der Waals surface area contributed by atoms with Crippen molar-refractivity contribution in [3.8, 4) is 0 Å². The number of nitrogens with zero attached hydrogens (tertiary/aromatic N) is 5. The zero-order valence-electron chi connectivity index (χ0n) is 13.0. The number of rotatable bonds is 3. The van der Waals surface area contributed by atoms with E-state index in [0.29, 0.717) is 16.0 Å². The van der Waals surface area contributed by atoms with Crippen LogP contribution in [-0.2, 0) is 0 Å². The first kappa shape index (κ1) is 16.5. The number of hydrogen-bond acceptors (Lipinski definition) is 6. The Balaban J connectivity index is 1.79. The number of anilines is 1. The fourth-order valence-electron chi connectivity index (χ4n) is 2.75. The molecule has 0 bridgehead atoms. The van der Waals surface area contributed by atoms with Gasteiger partial charge in [-0.1, -0.05) is 28.3 Å². The lowest BCUT2D eigenvalue weighted by Gasteiger charge is -2.23. The molecular formula is C16H10Cl2N6O2. The van der Waals surface area contributed by atoms with Gasteiger partial charge in [-0.25, -0.2) is 0 Å². The lowest BCUT2D eigenvalue weighted by molar-refractivity contribution is -0.384. The Bertz CT molecular complexity index is 1030. The second kappa shape index (κ2) is 6.40. The van der Waals surface area contributed by atoms with Crippen molar-refractivity contribution in [2.24, 2.45) is 0 Å². The van der Waals surface area contributed by atoms with Gasteiger partial charge in [-0.3, -0.25) is 10.1 Å². The third-order valence-electron chi connectivity index (χ3n) is 3.99. The molecule has 1 atom stereocenters. The second-order valence-corrected chi connectivity index (χ2v) is 6.41. The highest BCUT2D eigenvalue weighted by molar-refractivity contribution is 6.35. The molecule has 1 N–H and O–H groups in total. The van der Waals surface area contributed by atoms with Gasteiger partial charge in [0.05, 0.1) is 9.95 Å². The van der Waals surface area contributed by atoms with Crippen molar-refractivity contribution < 1.29 is 4.92 Å². The van der Waals surface area contributed by atoms with Gasteiger partial charge in [0.2, 0.25) is 5.95 Å². The molecule has 1 aromatic heterocycles. The number of nitro groups is 1. The van der Waals surface area contributed by atoms with Gasteiger partial charge in [-0.15, -0.1) is 0 Å². The van der Waals surface area contributed by atoms with Crippen molar-refractivity contribution in [2.45, 2.75) is 6.04 Å². The van der Waals surface area contributed by atoms with E-state index in [2.05, 4.69) is 20.8 Å². The summed E-state index contributed by atoms with van der Waals surface area (Å²) >= 11 is 12.3. The molecule has 10 heteroatoms. The van der Waals surface area contributed by atoms with Crippen LogP contribution >= 0.6 is 23.2 Å². The summed E-state index contributed by atoms with van der Waals surface area (Å²) in [7, 11) is 0. The van der Waals surface area contributed by atoms with E-state index in [1.807, 2.05) is 6.08 Å². The van der Waals surface area contributed by atoms with Gasteiger partial charge in [0, 0.05) is 28.4 Å². The topological polar surface area (TPSA) is 98.8 Å². The Labute approximate surface area is 157 Å². The number of halogens is 2. The van der Waals surface area contributed by atoms with Crippen LogP contribution in [0.4, 0.5) is 11.6 Å². The van der Waals surface area contributed by atoms with E-state index in [1.165, 1.54) is 12.1 Å². The van der Waals surface area contributed by atoms with Gasteiger partial charge in [0.25, 0.3) is 5.69 Å². The molecule has 26 heavy (non-hydrogen) atoms. The molecule has 0 fully saturated rings. The molecule has 1 aliphatic heterocycles. The van der Waals surface area contributed by atoms with Crippen LogP contribution in [0.25, 0.3) is 5.70 Å². The zero-order chi connectivity index (χ0) is 18.3. The summed E-state index contributed by atoms with van der Waals surface area (Å²) in [5, 5.41) is 26.7. The van der Waals surface area contributed by atoms with Crippen molar-refractivity contribution >= 4 is 40.5 Å². The standard InChI is InChI=1S/C16H10Cl2N6O2/c17-10-3-6-12(13(18)7-10)14-8-15(23-16(19-14)20-21-22-23)9-1-4-11(5-2-9)24(25)26/h1-8,15H,(H,19,20,22)/t15-/m1/s1. The van der Waals surface area contributed by atoms with Crippen molar-refractivity contribution in [3.05, 3.63) is 79.8 Å². The molecule has 2 aromatic carbocycles. The number of benzene rings is 2. The van der Waals surface area contributed by atoms with E-state index < -0.39 is 4.92 Å². The lowest BCUT2D eigenvalue weighted by Crippen LogP contribution is -2.20. The van der Waals surface area contributed by atoms with Crippen LogP contribution in [0.15, 0.2) is 48.5 Å². The van der Waals surface area contributed by atoms with E-state index >= 15 is 0 Å². The number of nitro benzene ring substituents is 1. The van der Waals surface area contributed by atoms with E-state index in [1.54, 1.807) is 35.0 Å². The van der Waals surface area contributed by atoms with Gasteiger partial charge >= 0.3 is 0 Å². The summed E-state index contributed by atoms with van der Waals surface area (Å²) in [5.41, 5.74) is 2.28. The van der Waals surface area contributed by atoms with Crippen LogP contribution in [0.5, 0.6) is 0 Å². The van der Waals surface area contributed by atoms with Crippen LogP contribution in [0.1, 0.15) is 17.2 Å². The van der Waals surface area contributed by atoms with Crippen molar-refractivity contribution in [1.82, 2.24) is 20.2 Å². The minimum Gasteiger partial charge on any atom is -0.323 e. The summed E-state index contributed by atoms with van der Waals surface area (Å²) in [6.07, 6.45) is 1.90. The summed E-state index contributed by atoms with van der Waals surface area (Å²) in [6, 6.07) is 11.1. The Morgan fingerprint density at radius 3 is 2.62 bits per heavy atom. The highest BCUT2D eigenvalue weighted by Gasteiger charge is 2.25. The number of non-ortho nitro benzene ring substituents is 1. The minimum absolute atomic E-state index is 0.0181. The smallest absolute Gasteiger partial charge is 0.269 e. The molecule has 0 spiro atoms. The average Bonchev–Trinajstić information content (AvgIpc) is 3.09. The molecular weight excluding hydrogens is 379 g/mol. The molecule has 130 valence electrons. The second-order valence-electron chi connectivity index (χ2n) is 5.57. The number of hydrogen-bond donors (Lipinski definition) is 1. The zero-order valence-corrected chi connectivity index (χ0v) is 14.5. The number of nitrogens with one attached hydrogen (secondary N) is 1. The minimum atomic E-state index is -0.441. The van der Waals surface area contributed by atoms with Gasteiger partial charge in [0.1, 0.15) is 6.04 Å². The molecule has 4 rings (SSSR count). The molecule has 1 aliphatic rings. The highest BCUT2D eigenvalue weighted by Crippen LogP contribution is 2.35.